The van der Waals surface area contributed by atoms with E-state index in [-0.39, 0.29) is 11.9 Å². The molecule has 0 spiro atoms. The van der Waals surface area contributed by atoms with Gasteiger partial charge in [0, 0.05) is 0 Å². The van der Waals surface area contributed by atoms with Gasteiger partial charge in [-0.05, 0) is 31.0 Å². The minimum atomic E-state index is -0.232. The molecule has 1 aromatic rings. The summed E-state index contributed by atoms with van der Waals surface area (Å²) in [6.07, 6.45) is 2.18. The van der Waals surface area contributed by atoms with Gasteiger partial charge in [-0.15, -0.1) is 0 Å². The molecule has 0 bridgehead atoms. The summed E-state index contributed by atoms with van der Waals surface area (Å²) in [5.74, 6) is 0.397. The van der Waals surface area contributed by atoms with Gasteiger partial charge >= 0.3 is 5.97 Å². The number of ether oxygens (including phenoxy) is 2. The number of benzene rings is 1. The second-order valence-corrected chi connectivity index (χ2v) is 4.02. The fourth-order valence-electron chi connectivity index (χ4n) is 1.50. The van der Waals surface area contributed by atoms with Crippen molar-refractivity contribution in [2.45, 2.75) is 32.6 Å². The summed E-state index contributed by atoms with van der Waals surface area (Å²) >= 11 is 0. The lowest BCUT2D eigenvalue weighted by Gasteiger charge is -2.10. The number of esters is 1. The van der Waals surface area contributed by atoms with Gasteiger partial charge in [0.15, 0.2) is 0 Å². The van der Waals surface area contributed by atoms with E-state index in [9.17, 15) is 4.79 Å². The number of rotatable bonds is 6. The number of hydrogen-bond acceptors (Lipinski definition) is 3. The Balaban J connectivity index is 2.58. The lowest BCUT2D eigenvalue weighted by atomic mass is 10.0. The molecule has 0 saturated carbocycles. The van der Waals surface area contributed by atoms with Gasteiger partial charge in [-0.2, -0.15) is 0 Å². The molecule has 0 saturated heterocycles. The van der Waals surface area contributed by atoms with Gasteiger partial charge in [0.05, 0.1) is 19.6 Å². The van der Waals surface area contributed by atoms with E-state index in [1.807, 2.05) is 31.2 Å². The first-order chi connectivity index (χ1) is 8.19. The van der Waals surface area contributed by atoms with Crippen molar-refractivity contribution >= 4 is 5.97 Å². The average molecular weight is 236 g/mol. The minimum absolute atomic E-state index is 0.218. The van der Waals surface area contributed by atoms with Crippen LogP contribution in [0.5, 0.6) is 5.75 Å². The molecular weight excluding hydrogens is 216 g/mol. The second-order valence-electron chi connectivity index (χ2n) is 4.02. The van der Waals surface area contributed by atoms with E-state index in [1.165, 1.54) is 7.11 Å². The zero-order chi connectivity index (χ0) is 12.7. The molecule has 0 heterocycles. The molecule has 0 aromatic heterocycles. The number of methoxy groups -OCH3 is 1. The summed E-state index contributed by atoms with van der Waals surface area (Å²) in [5.41, 5.74) is 0.944. The number of carbonyl (C=O) groups is 1. The maximum Gasteiger partial charge on any atom is 0.312 e. The van der Waals surface area contributed by atoms with Gasteiger partial charge in [0.2, 0.25) is 0 Å². The van der Waals surface area contributed by atoms with E-state index < -0.39 is 0 Å². The lowest BCUT2D eigenvalue weighted by molar-refractivity contribution is -0.141. The van der Waals surface area contributed by atoms with Gasteiger partial charge in [-0.1, -0.05) is 25.5 Å². The molecule has 94 valence electrons. The Kier molecular flexibility index (Phi) is 5.53. The first kappa shape index (κ1) is 13.6. The maximum absolute atomic E-state index is 11.4. The monoisotopic (exact) mass is 236 g/mol. The van der Waals surface area contributed by atoms with Crippen LogP contribution >= 0.6 is 0 Å². The molecule has 0 N–H and O–H groups in total. The number of unbranched alkanes of at least 4 members (excludes halogenated alkanes) is 1. The van der Waals surface area contributed by atoms with Crippen LogP contribution in [0.3, 0.4) is 0 Å². The molecule has 0 fully saturated rings. The quantitative estimate of drug-likeness (QED) is 0.562. The molecule has 1 atom stereocenters. The summed E-state index contributed by atoms with van der Waals surface area (Å²) in [5, 5.41) is 0. The lowest BCUT2D eigenvalue weighted by Crippen LogP contribution is -2.10. The summed E-state index contributed by atoms with van der Waals surface area (Å²) < 4.78 is 10.3. The molecule has 0 aliphatic rings. The first-order valence-electron chi connectivity index (χ1n) is 5.99. The van der Waals surface area contributed by atoms with E-state index in [0.29, 0.717) is 0 Å². The van der Waals surface area contributed by atoms with Crippen molar-refractivity contribution in [3.63, 3.8) is 0 Å². The Morgan fingerprint density at radius 1 is 1.29 bits per heavy atom. The largest absolute Gasteiger partial charge is 0.494 e. The van der Waals surface area contributed by atoms with Crippen molar-refractivity contribution in [3.05, 3.63) is 29.8 Å². The van der Waals surface area contributed by atoms with Crippen LogP contribution < -0.4 is 4.74 Å². The van der Waals surface area contributed by atoms with Crippen LogP contribution in [0.25, 0.3) is 0 Å². The SMILES string of the molecule is CCCCOc1ccc([C@H](C)C(=O)OC)cc1. The highest BCUT2D eigenvalue weighted by Crippen LogP contribution is 2.20. The smallest absolute Gasteiger partial charge is 0.312 e. The number of hydrogen-bond donors (Lipinski definition) is 0. The molecule has 3 nitrogen and oxygen atoms in total. The van der Waals surface area contributed by atoms with Gasteiger partial charge < -0.3 is 9.47 Å². The topological polar surface area (TPSA) is 35.5 Å². The fraction of sp³-hybridized carbons (Fsp3) is 0.500. The van der Waals surface area contributed by atoms with Crippen LogP contribution in [0.15, 0.2) is 24.3 Å². The Labute approximate surface area is 103 Å². The van der Waals surface area contributed by atoms with Crippen molar-refractivity contribution < 1.29 is 14.3 Å². The molecular formula is C14H20O3. The van der Waals surface area contributed by atoms with Crippen LogP contribution in [0, 0.1) is 0 Å². The van der Waals surface area contributed by atoms with Crippen molar-refractivity contribution in [3.8, 4) is 5.75 Å². The molecule has 0 amide bonds. The molecule has 1 rings (SSSR count). The Hall–Kier alpha value is -1.51. The van der Waals surface area contributed by atoms with E-state index in [2.05, 4.69) is 6.92 Å². The molecule has 0 aliphatic heterocycles. The fourth-order valence-corrected chi connectivity index (χ4v) is 1.50. The van der Waals surface area contributed by atoms with Gasteiger partial charge in [0.25, 0.3) is 0 Å². The van der Waals surface area contributed by atoms with Gasteiger partial charge in [0.1, 0.15) is 5.75 Å². The van der Waals surface area contributed by atoms with Crippen LogP contribution in [0.1, 0.15) is 38.2 Å². The van der Waals surface area contributed by atoms with Crippen LogP contribution in [-0.4, -0.2) is 19.7 Å². The van der Waals surface area contributed by atoms with Crippen LogP contribution in [-0.2, 0) is 9.53 Å². The van der Waals surface area contributed by atoms with Crippen molar-refractivity contribution in [1.82, 2.24) is 0 Å². The molecule has 3 heteroatoms. The van der Waals surface area contributed by atoms with Gasteiger partial charge in [-0.25, -0.2) is 0 Å². The third-order valence-electron chi connectivity index (χ3n) is 2.70. The van der Waals surface area contributed by atoms with Crippen molar-refractivity contribution in [2.24, 2.45) is 0 Å². The first-order valence-corrected chi connectivity index (χ1v) is 5.99. The molecule has 0 unspecified atom stereocenters. The highest BCUT2D eigenvalue weighted by molar-refractivity contribution is 5.77. The summed E-state index contributed by atoms with van der Waals surface area (Å²) in [6.45, 7) is 4.70. The Morgan fingerprint density at radius 3 is 2.47 bits per heavy atom. The Bertz CT molecular complexity index is 343. The molecule has 17 heavy (non-hydrogen) atoms. The molecule has 1 aromatic carbocycles. The van der Waals surface area contributed by atoms with Crippen LogP contribution in [0.2, 0.25) is 0 Å². The van der Waals surface area contributed by atoms with Crippen LogP contribution in [0.4, 0.5) is 0 Å². The third kappa shape index (κ3) is 4.10. The van der Waals surface area contributed by atoms with E-state index in [0.717, 1.165) is 30.8 Å². The summed E-state index contributed by atoms with van der Waals surface area (Å²) in [6, 6.07) is 7.60. The zero-order valence-corrected chi connectivity index (χ0v) is 10.7. The van der Waals surface area contributed by atoms with E-state index >= 15 is 0 Å². The van der Waals surface area contributed by atoms with Crippen molar-refractivity contribution in [2.75, 3.05) is 13.7 Å². The van der Waals surface area contributed by atoms with Crippen molar-refractivity contribution in [1.29, 1.82) is 0 Å². The van der Waals surface area contributed by atoms with E-state index in [1.54, 1.807) is 0 Å². The third-order valence-corrected chi connectivity index (χ3v) is 2.70. The maximum atomic E-state index is 11.4. The normalized spacial score (nSPS) is 11.9. The highest BCUT2D eigenvalue weighted by atomic mass is 16.5. The highest BCUT2D eigenvalue weighted by Gasteiger charge is 2.15. The number of carbonyl (C=O) groups excluding carboxylic acids is 1. The zero-order valence-electron chi connectivity index (χ0n) is 10.7. The molecule has 0 radical (unpaired) electrons. The minimum Gasteiger partial charge on any atom is -0.494 e. The predicted octanol–water partition coefficient (Wildman–Crippen LogP) is 3.14. The standard InChI is InChI=1S/C14H20O3/c1-4-5-10-17-13-8-6-12(7-9-13)11(2)14(15)16-3/h6-9,11H,4-5,10H2,1-3H3/t11-/m0/s1. The average Bonchev–Trinajstić information content (AvgIpc) is 2.38. The Morgan fingerprint density at radius 2 is 1.94 bits per heavy atom. The van der Waals surface area contributed by atoms with Gasteiger partial charge in [-0.3, -0.25) is 4.79 Å². The van der Waals surface area contributed by atoms with E-state index in [4.69, 9.17) is 9.47 Å². The summed E-state index contributed by atoms with van der Waals surface area (Å²) in [4.78, 5) is 11.4. The second kappa shape index (κ2) is 6.94. The summed E-state index contributed by atoms with van der Waals surface area (Å²) in [7, 11) is 1.40. The predicted molar refractivity (Wildman–Crippen MR) is 67.3 cm³/mol. The molecule has 0 aliphatic carbocycles.